The summed E-state index contributed by atoms with van der Waals surface area (Å²) in [4.78, 5) is 40.3. The van der Waals surface area contributed by atoms with Crippen LogP contribution in [0.1, 0.15) is 37.5 Å². The number of rotatable bonds is 3. The lowest BCUT2D eigenvalue weighted by molar-refractivity contribution is 0.0747. The van der Waals surface area contributed by atoms with Crippen molar-refractivity contribution in [3.63, 3.8) is 0 Å². The van der Waals surface area contributed by atoms with Gasteiger partial charge in [0.05, 0.1) is 28.3 Å². The molecule has 3 amide bonds. The molecule has 2 heterocycles. The highest BCUT2D eigenvalue weighted by atomic mass is 32.2. The molecule has 144 valence electrons. The van der Waals surface area contributed by atoms with Crippen LogP contribution < -0.4 is 4.90 Å². The highest BCUT2D eigenvalue weighted by molar-refractivity contribution is 7.91. The number of sulfone groups is 1. The van der Waals surface area contributed by atoms with Crippen LogP contribution in [0.5, 0.6) is 0 Å². The zero-order valence-electron chi connectivity index (χ0n) is 15.2. The summed E-state index contributed by atoms with van der Waals surface area (Å²) in [6.45, 7) is 0. The maximum absolute atomic E-state index is 12.7. The molecule has 0 N–H and O–H groups in total. The maximum Gasteiger partial charge on any atom is 0.266 e. The Morgan fingerprint density at radius 1 is 1.00 bits per heavy atom. The summed E-state index contributed by atoms with van der Waals surface area (Å²) in [7, 11) is -1.50. The first-order chi connectivity index (χ1) is 13.3. The molecule has 28 heavy (non-hydrogen) atoms. The van der Waals surface area contributed by atoms with Crippen LogP contribution >= 0.6 is 0 Å². The second-order valence-corrected chi connectivity index (χ2v) is 9.24. The number of carbonyl (C=O) groups excluding carboxylic acids is 3. The van der Waals surface area contributed by atoms with E-state index in [-0.39, 0.29) is 23.5 Å². The fourth-order valence-electron chi connectivity index (χ4n) is 3.63. The molecule has 8 heteroatoms. The van der Waals surface area contributed by atoms with E-state index in [2.05, 4.69) is 0 Å². The summed E-state index contributed by atoms with van der Waals surface area (Å²) in [5.74, 6) is -1.02. The fraction of sp³-hybridized carbons (Fsp3) is 0.250. The Balaban J connectivity index is 1.54. The van der Waals surface area contributed by atoms with Gasteiger partial charge in [0.1, 0.15) is 0 Å². The zero-order valence-corrected chi connectivity index (χ0v) is 16.0. The summed E-state index contributed by atoms with van der Waals surface area (Å²) in [5.41, 5.74) is 1.46. The molecular formula is C20H18N2O5S. The first kappa shape index (κ1) is 18.4. The van der Waals surface area contributed by atoms with Crippen molar-refractivity contribution in [1.29, 1.82) is 0 Å². The van der Waals surface area contributed by atoms with E-state index in [1.807, 2.05) is 0 Å². The molecule has 7 nitrogen and oxygen atoms in total. The quantitative estimate of drug-likeness (QED) is 0.735. The highest BCUT2D eigenvalue weighted by Gasteiger charge is 2.36. The molecular weight excluding hydrogens is 380 g/mol. The Morgan fingerprint density at radius 2 is 1.57 bits per heavy atom. The second kappa shape index (κ2) is 6.56. The number of carbonyl (C=O) groups is 3. The second-order valence-electron chi connectivity index (χ2n) is 7.01. The molecule has 2 aromatic carbocycles. The normalized spacial score (nSPS) is 20.3. The van der Waals surface area contributed by atoms with Gasteiger partial charge in [-0.1, -0.05) is 12.1 Å². The van der Waals surface area contributed by atoms with E-state index in [0.29, 0.717) is 28.8 Å². The number of nitrogens with zero attached hydrogens (tertiary/aromatic N) is 2. The number of imide groups is 1. The Labute approximate surface area is 162 Å². The van der Waals surface area contributed by atoms with Crippen molar-refractivity contribution in [2.24, 2.45) is 0 Å². The van der Waals surface area contributed by atoms with Crippen molar-refractivity contribution in [3.05, 3.63) is 65.2 Å². The van der Waals surface area contributed by atoms with Gasteiger partial charge in [-0.15, -0.1) is 0 Å². The lowest BCUT2D eigenvalue weighted by Crippen LogP contribution is -2.37. The molecule has 0 unspecified atom stereocenters. The zero-order chi connectivity index (χ0) is 20.1. The van der Waals surface area contributed by atoms with E-state index in [0.717, 1.165) is 4.90 Å². The topological polar surface area (TPSA) is 91.8 Å². The Bertz CT molecular complexity index is 1060. The smallest absolute Gasteiger partial charge is 0.266 e. The van der Waals surface area contributed by atoms with E-state index in [1.165, 1.54) is 4.90 Å². The third-order valence-corrected chi connectivity index (χ3v) is 6.99. The fourth-order valence-corrected chi connectivity index (χ4v) is 5.40. The van der Waals surface area contributed by atoms with Gasteiger partial charge >= 0.3 is 0 Å². The number of hydrogen-bond donors (Lipinski definition) is 0. The van der Waals surface area contributed by atoms with E-state index in [9.17, 15) is 22.8 Å². The van der Waals surface area contributed by atoms with Gasteiger partial charge < -0.3 is 4.90 Å². The minimum absolute atomic E-state index is 0.0254. The van der Waals surface area contributed by atoms with Crippen LogP contribution in [-0.4, -0.2) is 55.6 Å². The average Bonchev–Trinajstić information content (AvgIpc) is 3.18. The van der Waals surface area contributed by atoms with Gasteiger partial charge in [-0.25, -0.2) is 13.3 Å². The monoisotopic (exact) mass is 398 g/mol. The molecule has 0 saturated carbocycles. The molecule has 1 fully saturated rings. The standard InChI is InChI=1S/C20H18N2O5S/c1-21(15-10-11-28(26,27)12-15)18(23)13-6-8-14(9-7-13)22-19(24)16-4-2-3-5-17(16)20(22)25/h2-9,15H,10-12H2,1H3/t15-/m1/s1. The van der Waals surface area contributed by atoms with E-state index in [1.54, 1.807) is 55.6 Å². The SMILES string of the molecule is CN(C(=O)c1ccc(N2C(=O)c3ccccc3C2=O)cc1)[C@@H]1CCS(=O)(=O)C1. The van der Waals surface area contributed by atoms with Gasteiger partial charge in [0.25, 0.3) is 17.7 Å². The number of amides is 3. The van der Waals surface area contributed by atoms with Crippen molar-refractivity contribution in [2.75, 3.05) is 23.5 Å². The molecule has 0 bridgehead atoms. The van der Waals surface area contributed by atoms with Gasteiger partial charge in [0.2, 0.25) is 0 Å². The summed E-state index contributed by atoms with van der Waals surface area (Å²) >= 11 is 0. The summed E-state index contributed by atoms with van der Waals surface area (Å²) in [5, 5.41) is 0. The van der Waals surface area contributed by atoms with Gasteiger partial charge in [0.15, 0.2) is 9.84 Å². The van der Waals surface area contributed by atoms with E-state index >= 15 is 0 Å². The van der Waals surface area contributed by atoms with Gasteiger partial charge in [-0.05, 0) is 42.8 Å². The lowest BCUT2D eigenvalue weighted by atomic mass is 10.1. The average molecular weight is 398 g/mol. The number of benzene rings is 2. The molecule has 0 aromatic heterocycles. The molecule has 0 spiro atoms. The summed E-state index contributed by atoms with van der Waals surface area (Å²) in [6.07, 6.45) is 0.428. The Kier molecular flexibility index (Phi) is 4.30. The minimum atomic E-state index is -3.09. The van der Waals surface area contributed by atoms with E-state index in [4.69, 9.17) is 0 Å². The van der Waals surface area contributed by atoms with Crippen LogP contribution in [-0.2, 0) is 9.84 Å². The van der Waals surface area contributed by atoms with Crippen LogP contribution in [0, 0.1) is 0 Å². The predicted molar refractivity (Wildman–Crippen MR) is 103 cm³/mol. The third kappa shape index (κ3) is 2.99. The molecule has 1 saturated heterocycles. The van der Waals surface area contributed by atoms with Crippen LogP contribution in [0.15, 0.2) is 48.5 Å². The van der Waals surface area contributed by atoms with Crippen molar-refractivity contribution in [3.8, 4) is 0 Å². The largest absolute Gasteiger partial charge is 0.338 e. The number of anilines is 1. The first-order valence-corrected chi connectivity index (χ1v) is 10.7. The van der Waals surface area contributed by atoms with Crippen LogP contribution in [0.3, 0.4) is 0 Å². The molecule has 2 aliphatic heterocycles. The van der Waals surface area contributed by atoms with Gasteiger partial charge in [0, 0.05) is 18.7 Å². The van der Waals surface area contributed by atoms with Gasteiger partial charge in [-0.3, -0.25) is 14.4 Å². The third-order valence-electron chi connectivity index (χ3n) is 5.24. The Hall–Kier alpha value is -3.00. The number of hydrogen-bond acceptors (Lipinski definition) is 5. The molecule has 0 aliphatic carbocycles. The predicted octanol–water partition coefficient (Wildman–Crippen LogP) is 1.75. The highest BCUT2D eigenvalue weighted by Crippen LogP contribution is 2.28. The molecule has 2 aromatic rings. The van der Waals surface area contributed by atoms with E-state index < -0.39 is 21.7 Å². The minimum Gasteiger partial charge on any atom is -0.338 e. The van der Waals surface area contributed by atoms with Crippen molar-refractivity contribution in [1.82, 2.24) is 4.90 Å². The summed E-state index contributed by atoms with van der Waals surface area (Å²) < 4.78 is 23.3. The van der Waals surface area contributed by atoms with Crippen LogP contribution in [0.2, 0.25) is 0 Å². The Morgan fingerprint density at radius 3 is 2.07 bits per heavy atom. The van der Waals surface area contributed by atoms with Gasteiger partial charge in [-0.2, -0.15) is 0 Å². The lowest BCUT2D eigenvalue weighted by Gasteiger charge is -2.23. The first-order valence-electron chi connectivity index (χ1n) is 8.84. The molecule has 2 aliphatic rings. The van der Waals surface area contributed by atoms with Crippen LogP contribution in [0.25, 0.3) is 0 Å². The molecule has 1 atom stereocenters. The van der Waals surface area contributed by atoms with Crippen molar-refractivity contribution in [2.45, 2.75) is 12.5 Å². The molecule has 0 radical (unpaired) electrons. The van der Waals surface area contributed by atoms with Crippen molar-refractivity contribution < 1.29 is 22.8 Å². The maximum atomic E-state index is 12.7. The summed E-state index contributed by atoms with van der Waals surface area (Å²) in [6, 6.07) is 12.5. The number of fused-ring (bicyclic) bond motifs is 1. The van der Waals surface area contributed by atoms with Crippen molar-refractivity contribution >= 4 is 33.2 Å². The van der Waals surface area contributed by atoms with Crippen LogP contribution in [0.4, 0.5) is 5.69 Å². The molecule has 4 rings (SSSR count).